The van der Waals surface area contributed by atoms with Crippen LogP contribution in [0.15, 0.2) is 0 Å². The quantitative estimate of drug-likeness (QED) is 0.0992. The molecule has 0 aromatic rings. The lowest BCUT2D eigenvalue weighted by Crippen LogP contribution is -2.64. The SMILES string of the molecule is CC[C@@H]1NC(=O)[C@H]([C@H](O)[C@H](C)CCCCNC(=O)OC)N(C)C(=O)[C@H](C(C)C)N(C)C(=O)[C@H](CC(C)C)N(C)C(=O)[C@H](CC(C)C)N(C)C(=O)[C@@H](C)NC(=O)[C@H](C)CC(=O)[C@H](CC(C)C)N(C)C(=O)[C@H](C(C)C)CC(=O)[C@H]([C@@H](C)OCCCCN2CCOCC2)N(C)C(=O)[C@@H](C)N(C)C1=O. The summed E-state index contributed by atoms with van der Waals surface area (Å²) >= 11 is 0. The summed E-state index contributed by atoms with van der Waals surface area (Å²) in [5.41, 5.74) is 0. The molecule has 0 aromatic heterocycles. The molecule has 0 aliphatic carbocycles. The molecule has 2 aliphatic heterocycles. The average molecular weight is 1420 g/mol. The fourth-order valence-electron chi connectivity index (χ4n) is 13.4. The highest BCUT2D eigenvalue weighted by Crippen LogP contribution is 2.29. The van der Waals surface area contributed by atoms with Crippen molar-refractivity contribution in [3.05, 3.63) is 0 Å². The molecule has 27 nitrogen and oxygen atoms in total. The number of alkyl carbamates (subject to hydrolysis) is 1. The Hall–Kier alpha value is -6.32. The number of amides is 10. The Kier molecular flexibility index (Phi) is 38.6. The highest BCUT2D eigenvalue weighted by molar-refractivity contribution is 6.00. The van der Waals surface area contributed by atoms with Gasteiger partial charge in [0.1, 0.15) is 48.3 Å². The maximum atomic E-state index is 15.4. The Morgan fingerprint density at radius 1 is 0.550 bits per heavy atom. The molecule has 4 N–H and O–H groups in total. The van der Waals surface area contributed by atoms with Crippen LogP contribution in [0, 0.1) is 47.3 Å². The number of morpholine rings is 1. The number of likely N-dealkylation sites (N-methyl/N-ethyl adjacent to an activating group) is 7. The molecule has 0 spiro atoms. The topological polar surface area (TPSA) is 315 Å². The molecule has 2 heterocycles. The van der Waals surface area contributed by atoms with Gasteiger partial charge in [-0.15, -0.1) is 0 Å². The van der Waals surface area contributed by atoms with Gasteiger partial charge in [-0.05, 0) is 114 Å². The van der Waals surface area contributed by atoms with Crippen molar-refractivity contribution in [3.63, 3.8) is 0 Å². The van der Waals surface area contributed by atoms with Crippen LogP contribution >= 0.6 is 0 Å². The van der Waals surface area contributed by atoms with Crippen LogP contribution in [0.4, 0.5) is 4.79 Å². The third-order valence-electron chi connectivity index (χ3n) is 20.0. The van der Waals surface area contributed by atoms with Crippen LogP contribution in [-0.2, 0) is 67.0 Å². The summed E-state index contributed by atoms with van der Waals surface area (Å²) in [6.07, 6.45) is -0.732. The van der Waals surface area contributed by atoms with Crippen LogP contribution in [0.3, 0.4) is 0 Å². The number of Topliss-reactive ketones (excluding diaryl/α,β-unsaturated/α-hetero) is 2. The number of ether oxygens (including phenoxy) is 3. The van der Waals surface area contributed by atoms with Gasteiger partial charge in [0.2, 0.25) is 53.2 Å². The number of nitrogens with one attached hydrogen (secondary N) is 3. The van der Waals surface area contributed by atoms with Gasteiger partial charge in [0, 0.05) is 100 Å². The minimum absolute atomic E-state index is 0.0283. The molecule has 2 fully saturated rings. The summed E-state index contributed by atoms with van der Waals surface area (Å²) in [6, 6.07) is -11.5. The number of carbonyl (C=O) groups is 12. The van der Waals surface area contributed by atoms with Gasteiger partial charge in [0.15, 0.2) is 11.6 Å². The van der Waals surface area contributed by atoms with Crippen LogP contribution in [0.5, 0.6) is 0 Å². The van der Waals surface area contributed by atoms with Crippen molar-refractivity contribution in [2.45, 2.75) is 248 Å². The number of nitrogens with zero attached hydrogens (tertiary/aromatic N) is 8. The van der Waals surface area contributed by atoms with Crippen molar-refractivity contribution < 1.29 is 76.9 Å². The second-order valence-electron chi connectivity index (χ2n) is 30.2. The molecular weight excluding hydrogens is 1290 g/mol. The Morgan fingerprint density at radius 3 is 1.58 bits per heavy atom. The number of aliphatic hydroxyl groups excluding tert-OH is 1. The van der Waals surface area contributed by atoms with E-state index in [4.69, 9.17) is 14.2 Å². The first kappa shape index (κ1) is 89.8. The van der Waals surface area contributed by atoms with Crippen LogP contribution in [0.25, 0.3) is 0 Å². The van der Waals surface area contributed by atoms with Crippen LogP contribution in [-0.4, -0.2) is 284 Å². The summed E-state index contributed by atoms with van der Waals surface area (Å²) in [5, 5.41) is 20.6. The lowest BCUT2D eigenvalue weighted by molar-refractivity contribution is -0.157. The summed E-state index contributed by atoms with van der Waals surface area (Å²) in [4.78, 5) is 187. The van der Waals surface area contributed by atoms with Crippen LogP contribution in [0.1, 0.15) is 181 Å². The predicted molar refractivity (Wildman–Crippen MR) is 383 cm³/mol. The summed E-state index contributed by atoms with van der Waals surface area (Å²) in [6.45, 7) is 32.0. The highest BCUT2D eigenvalue weighted by Gasteiger charge is 2.47. The van der Waals surface area contributed by atoms with Gasteiger partial charge in [0.05, 0.1) is 38.6 Å². The Morgan fingerprint density at radius 2 is 1.06 bits per heavy atom. The smallest absolute Gasteiger partial charge is 0.406 e. The first-order valence-corrected chi connectivity index (χ1v) is 36.6. The summed E-state index contributed by atoms with van der Waals surface area (Å²) < 4.78 is 16.6. The van der Waals surface area contributed by atoms with Gasteiger partial charge >= 0.3 is 6.09 Å². The van der Waals surface area contributed by atoms with Gasteiger partial charge in [0.25, 0.3) is 0 Å². The van der Waals surface area contributed by atoms with E-state index in [1.807, 2.05) is 41.5 Å². The third-order valence-corrected chi connectivity index (χ3v) is 20.0. The second-order valence-corrected chi connectivity index (χ2v) is 30.2. The van der Waals surface area contributed by atoms with E-state index in [-0.39, 0.29) is 69.4 Å². The van der Waals surface area contributed by atoms with Crippen molar-refractivity contribution in [2.75, 3.05) is 102 Å². The molecule has 27 heteroatoms. The summed E-state index contributed by atoms with van der Waals surface area (Å²) in [7, 11) is 11.2. The highest BCUT2D eigenvalue weighted by atomic mass is 16.5. The predicted octanol–water partition coefficient (Wildman–Crippen LogP) is 4.87. The van der Waals surface area contributed by atoms with E-state index in [0.29, 0.717) is 38.9 Å². The van der Waals surface area contributed by atoms with Crippen molar-refractivity contribution >= 4 is 70.8 Å². The zero-order chi connectivity index (χ0) is 76.5. The molecular formula is C73H131N11O16. The van der Waals surface area contributed by atoms with E-state index in [2.05, 4.69) is 20.9 Å². The molecule has 2 saturated heterocycles. The molecule has 574 valence electrons. The molecule has 0 radical (unpaired) electrons. The molecule has 0 bridgehead atoms. The Labute approximate surface area is 598 Å². The normalized spacial score (nSPS) is 26.8. The monoisotopic (exact) mass is 1420 g/mol. The standard InChI is InChI=1S/C73H131N11O16/c1-25-54-69(93)77(17)51(15)67(91)82(22)61(52(16)100-35-29-28-32-84-33-36-99-37-34-84)59(86)42-53(46(8)9)68(92)78(18)55(38-43(2)3)58(85)41-49(13)64(88)75-50(14)66(90)79(19)56(39-44(4)5)70(94)80(20)57(40-45(6)7)71(95)81(21)60(47(10)11)72(96)83(23)62(65(89)76-54)63(87)48(12)30-26-27-31-74-73(97)98-24/h43-57,60-63,87H,25-42H2,1-24H3,(H,74,97)(H,75,88)(H,76,89)/t48-,49-,50-,51-,52-,53+,54+,55+,56+,57+,60+,61+,62+,63-/m1/s1. The van der Waals surface area contributed by atoms with Gasteiger partial charge < -0.3 is 69.6 Å². The fraction of sp³-hybridized carbons (Fsp3) is 0.836. The minimum Gasteiger partial charge on any atom is -0.453 e. The number of aliphatic hydroxyl groups is 1. The molecule has 0 unspecified atom stereocenters. The molecule has 0 saturated carbocycles. The maximum absolute atomic E-state index is 15.4. The van der Waals surface area contributed by atoms with Crippen molar-refractivity contribution in [3.8, 4) is 0 Å². The van der Waals surface area contributed by atoms with Gasteiger partial charge in [-0.1, -0.05) is 96.4 Å². The molecule has 10 amide bonds. The number of rotatable bonds is 23. The van der Waals surface area contributed by atoms with E-state index >= 15 is 33.6 Å². The van der Waals surface area contributed by atoms with E-state index in [9.17, 15) is 29.1 Å². The van der Waals surface area contributed by atoms with E-state index in [0.717, 1.165) is 35.9 Å². The molecule has 2 rings (SSSR count). The number of methoxy groups -OCH3 is 1. The zero-order valence-electron chi connectivity index (χ0n) is 65.3. The number of unbranched alkanes of at least 4 members (excludes halogenated alkanes) is 2. The second kappa shape index (κ2) is 42.9. The molecule has 0 aromatic carbocycles. The van der Waals surface area contributed by atoms with Gasteiger partial charge in [-0.3, -0.25) is 57.6 Å². The first-order valence-electron chi connectivity index (χ1n) is 36.6. The maximum Gasteiger partial charge on any atom is 0.406 e. The minimum atomic E-state index is -1.69. The van der Waals surface area contributed by atoms with Crippen molar-refractivity contribution in [1.82, 2.24) is 55.1 Å². The molecule has 14 atom stereocenters. The Bertz CT molecular complexity index is 2690. The van der Waals surface area contributed by atoms with Gasteiger partial charge in [-0.2, -0.15) is 0 Å². The van der Waals surface area contributed by atoms with Crippen LogP contribution in [0.2, 0.25) is 0 Å². The van der Waals surface area contributed by atoms with Gasteiger partial charge in [-0.25, -0.2) is 4.79 Å². The Balaban J connectivity index is 3.02. The number of hydrogen-bond donors (Lipinski definition) is 4. The zero-order valence-corrected chi connectivity index (χ0v) is 65.3. The molecule has 100 heavy (non-hydrogen) atoms. The fourth-order valence-corrected chi connectivity index (χ4v) is 13.4. The molecule has 2 aliphatic rings. The van der Waals surface area contributed by atoms with Crippen LogP contribution < -0.4 is 16.0 Å². The first-order chi connectivity index (χ1) is 46.6. The number of ketones is 2. The van der Waals surface area contributed by atoms with E-state index in [1.54, 1.807) is 55.4 Å². The average Bonchev–Trinajstić information content (AvgIpc) is 0.809. The van der Waals surface area contributed by atoms with E-state index < -0.39 is 167 Å². The lowest BCUT2D eigenvalue weighted by Gasteiger charge is -2.41. The largest absolute Gasteiger partial charge is 0.453 e. The lowest BCUT2D eigenvalue weighted by atomic mass is 9.85. The van der Waals surface area contributed by atoms with Crippen molar-refractivity contribution in [2.24, 2.45) is 47.3 Å². The number of hydrogen-bond acceptors (Lipinski definition) is 17. The van der Waals surface area contributed by atoms with Crippen molar-refractivity contribution in [1.29, 1.82) is 0 Å². The van der Waals surface area contributed by atoms with E-state index in [1.165, 1.54) is 94.8 Å². The number of carbonyl (C=O) groups excluding carboxylic acids is 12. The summed E-state index contributed by atoms with van der Waals surface area (Å²) in [5.74, 6) is -11.2. The third kappa shape index (κ3) is 26.2.